The molecule has 6 heteroatoms. The molecule has 78 heavy (non-hydrogen) atoms. The second-order valence-electron chi connectivity index (χ2n) is 20.5. The number of hydrogen-bond donors (Lipinski definition) is 0. The van der Waals surface area contributed by atoms with Crippen LogP contribution in [0.2, 0.25) is 0 Å². The Morgan fingerprint density at radius 1 is 0.269 bits per heavy atom. The highest BCUT2D eigenvalue weighted by molar-refractivity contribution is 5.71. The van der Waals surface area contributed by atoms with E-state index in [2.05, 4.69) is 161 Å². The van der Waals surface area contributed by atoms with Gasteiger partial charge in [-0.05, 0) is 128 Å². The van der Waals surface area contributed by atoms with Crippen LogP contribution in [0.3, 0.4) is 0 Å². The lowest BCUT2D eigenvalue weighted by Crippen LogP contribution is -2.30. The van der Waals surface area contributed by atoms with E-state index in [0.717, 1.165) is 116 Å². The van der Waals surface area contributed by atoms with E-state index in [4.69, 9.17) is 14.2 Å². The molecule has 0 amide bonds. The van der Waals surface area contributed by atoms with Crippen molar-refractivity contribution >= 4 is 17.9 Å². The molecule has 0 bridgehead atoms. The van der Waals surface area contributed by atoms with Crippen LogP contribution < -0.4 is 0 Å². The molecule has 0 saturated carbocycles. The number of rotatable bonds is 56. The van der Waals surface area contributed by atoms with Gasteiger partial charge in [0.05, 0.1) is 0 Å². The van der Waals surface area contributed by atoms with Crippen LogP contribution in [0.5, 0.6) is 0 Å². The molecule has 0 saturated heterocycles. The Morgan fingerprint density at radius 3 is 0.833 bits per heavy atom. The number of allylic oxidation sites excluding steroid dienone is 24. The van der Waals surface area contributed by atoms with Crippen LogP contribution in [0, 0.1) is 0 Å². The monoisotopic (exact) mass is 1080 g/mol. The molecule has 0 aromatic heterocycles. The van der Waals surface area contributed by atoms with E-state index < -0.39 is 12.1 Å². The van der Waals surface area contributed by atoms with E-state index in [1.54, 1.807) is 0 Å². The first kappa shape index (κ1) is 73.3. The van der Waals surface area contributed by atoms with Gasteiger partial charge in [0, 0.05) is 19.3 Å². The minimum Gasteiger partial charge on any atom is -0.462 e. The van der Waals surface area contributed by atoms with Crippen LogP contribution in [0.4, 0.5) is 0 Å². The lowest BCUT2D eigenvalue weighted by molar-refractivity contribution is -0.166. The first-order valence-electron chi connectivity index (χ1n) is 31.8. The largest absolute Gasteiger partial charge is 0.462 e. The van der Waals surface area contributed by atoms with Gasteiger partial charge >= 0.3 is 17.9 Å². The molecule has 0 aliphatic carbocycles. The maximum Gasteiger partial charge on any atom is 0.306 e. The number of ether oxygens (including phenoxy) is 3. The molecule has 0 spiro atoms. The van der Waals surface area contributed by atoms with Crippen LogP contribution in [0.25, 0.3) is 0 Å². The van der Waals surface area contributed by atoms with Crippen molar-refractivity contribution in [1.29, 1.82) is 0 Å². The summed E-state index contributed by atoms with van der Waals surface area (Å²) in [5.41, 5.74) is 0. The molecule has 0 aromatic rings. The summed E-state index contributed by atoms with van der Waals surface area (Å²) in [6.07, 6.45) is 92.8. The summed E-state index contributed by atoms with van der Waals surface area (Å²) in [5.74, 6) is -1.01. The zero-order valence-corrected chi connectivity index (χ0v) is 50.4. The van der Waals surface area contributed by atoms with Crippen molar-refractivity contribution < 1.29 is 28.6 Å². The second kappa shape index (κ2) is 64.8. The van der Waals surface area contributed by atoms with Gasteiger partial charge in [-0.2, -0.15) is 0 Å². The molecule has 0 N–H and O–H groups in total. The average Bonchev–Trinajstić information content (AvgIpc) is 3.44. The van der Waals surface area contributed by atoms with Gasteiger partial charge in [-0.1, -0.05) is 269 Å². The molecule has 0 heterocycles. The minimum absolute atomic E-state index is 0.118. The van der Waals surface area contributed by atoms with Gasteiger partial charge in [-0.15, -0.1) is 0 Å². The Hall–Kier alpha value is -4.71. The molecule has 0 radical (unpaired) electrons. The van der Waals surface area contributed by atoms with Gasteiger partial charge < -0.3 is 14.2 Å². The molecule has 0 aromatic carbocycles. The molecule has 1 atom stereocenters. The molecular formula is C72H116O6. The molecule has 1 unspecified atom stereocenters. The van der Waals surface area contributed by atoms with Crippen molar-refractivity contribution in [3.8, 4) is 0 Å². The fourth-order valence-electron chi connectivity index (χ4n) is 8.37. The first-order chi connectivity index (χ1) is 38.5. The van der Waals surface area contributed by atoms with Gasteiger partial charge in [0.15, 0.2) is 6.10 Å². The summed E-state index contributed by atoms with van der Waals surface area (Å²) < 4.78 is 16.9. The Kier molecular flexibility index (Phi) is 60.9. The number of unbranched alkanes of at least 4 members (excludes halogenated alkanes) is 21. The van der Waals surface area contributed by atoms with Crippen molar-refractivity contribution in [2.75, 3.05) is 13.2 Å². The van der Waals surface area contributed by atoms with E-state index in [1.807, 2.05) is 6.08 Å². The molecule has 0 aliphatic rings. The highest BCUT2D eigenvalue weighted by Gasteiger charge is 2.19. The zero-order valence-electron chi connectivity index (χ0n) is 50.4. The van der Waals surface area contributed by atoms with Gasteiger partial charge in [0.1, 0.15) is 13.2 Å². The lowest BCUT2D eigenvalue weighted by Gasteiger charge is -2.18. The maximum absolute atomic E-state index is 12.9. The summed E-state index contributed by atoms with van der Waals surface area (Å²) in [7, 11) is 0. The zero-order chi connectivity index (χ0) is 56.4. The summed E-state index contributed by atoms with van der Waals surface area (Å²) in [5, 5.41) is 0. The number of carbonyl (C=O) groups is 3. The van der Waals surface area contributed by atoms with E-state index >= 15 is 0 Å². The van der Waals surface area contributed by atoms with Crippen molar-refractivity contribution in [2.24, 2.45) is 0 Å². The summed E-state index contributed by atoms with van der Waals surface area (Å²) in [6, 6.07) is 0. The third-order valence-corrected chi connectivity index (χ3v) is 13.1. The van der Waals surface area contributed by atoms with Crippen LogP contribution in [-0.4, -0.2) is 37.2 Å². The van der Waals surface area contributed by atoms with E-state index in [-0.39, 0.29) is 31.6 Å². The predicted octanol–water partition coefficient (Wildman–Crippen LogP) is 21.9. The van der Waals surface area contributed by atoms with E-state index in [1.165, 1.54) is 109 Å². The van der Waals surface area contributed by atoms with Crippen molar-refractivity contribution in [2.45, 2.75) is 277 Å². The third-order valence-electron chi connectivity index (χ3n) is 13.1. The Morgan fingerprint density at radius 2 is 0.526 bits per heavy atom. The van der Waals surface area contributed by atoms with Crippen LogP contribution in [0.1, 0.15) is 271 Å². The van der Waals surface area contributed by atoms with E-state index in [9.17, 15) is 14.4 Å². The van der Waals surface area contributed by atoms with Gasteiger partial charge in [0.25, 0.3) is 0 Å². The molecule has 6 nitrogen and oxygen atoms in total. The highest BCUT2D eigenvalue weighted by atomic mass is 16.6. The molecule has 440 valence electrons. The smallest absolute Gasteiger partial charge is 0.306 e. The van der Waals surface area contributed by atoms with Crippen molar-refractivity contribution in [3.05, 3.63) is 146 Å². The standard InChI is InChI=1S/C72H116O6/c1-4-7-10-13-16-19-22-25-28-31-34-35-36-37-39-41-44-47-50-53-56-59-62-65-71(74)77-68-69(67-76-70(73)64-61-58-55-52-49-46-43-40-33-30-27-24-21-18-15-12-9-6-3)78-72(75)66-63-60-57-54-51-48-45-42-38-32-29-26-23-20-17-14-11-8-5-2/h7-8,10-11,16-17,19-21,24-26,28-30,33-35,38,42,48,51,57,60,69H,4-6,9,12-15,18,22-23,27,31-32,36-37,39-41,43-47,49-50,52-56,58-59,61-68H2,1-3H3/b10-7-,11-8-,19-16-,20-17-,24-21-,28-25-,29-26-,33-30-,35-34-,42-38-,51-48-,60-57-. The molecular weight excluding hydrogens is 961 g/mol. The fourth-order valence-corrected chi connectivity index (χ4v) is 8.37. The summed E-state index contributed by atoms with van der Waals surface area (Å²) in [6.45, 7) is 6.33. The summed E-state index contributed by atoms with van der Waals surface area (Å²) in [4.78, 5) is 38.3. The Labute approximate surface area is 480 Å². The SMILES string of the molecule is CC/C=C\C/C=C\C/C=C\C/C=C\C/C=C\C/C=C\CCC(=O)OC(COC(=O)CCCCCCCCC/C=C\C/C=C\CCCCCC)COC(=O)CCCCCCCCCCCC/C=C\C/C=C\C/C=C\C/C=C\CC. The molecule has 0 fully saturated rings. The van der Waals surface area contributed by atoms with Crippen LogP contribution >= 0.6 is 0 Å². The first-order valence-corrected chi connectivity index (χ1v) is 31.8. The Balaban J connectivity index is 4.51. The quantitative estimate of drug-likeness (QED) is 0.0261. The number of carbonyl (C=O) groups excluding carboxylic acids is 3. The average molecular weight is 1080 g/mol. The molecule has 0 aliphatic heterocycles. The van der Waals surface area contributed by atoms with Crippen molar-refractivity contribution in [1.82, 2.24) is 0 Å². The van der Waals surface area contributed by atoms with Crippen molar-refractivity contribution in [3.63, 3.8) is 0 Å². The fraction of sp³-hybridized carbons (Fsp3) is 0.625. The topological polar surface area (TPSA) is 78.9 Å². The van der Waals surface area contributed by atoms with E-state index in [0.29, 0.717) is 19.3 Å². The highest BCUT2D eigenvalue weighted by Crippen LogP contribution is 2.15. The number of esters is 3. The molecule has 0 rings (SSSR count). The van der Waals surface area contributed by atoms with Crippen LogP contribution in [0.15, 0.2) is 146 Å². The van der Waals surface area contributed by atoms with Gasteiger partial charge in [0.2, 0.25) is 0 Å². The predicted molar refractivity (Wildman–Crippen MR) is 339 cm³/mol. The van der Waals surface area contributed by atoms with Crippen LogP contribution in [-0.2, 0) is 28.6 Å². The number of hydrogen-bond acceptors (Lipinski definition) is 6. The summed E-state index contributed by atoms with van der Waals surface area (Å²) >= 11 is 0. The Bertz CT molecular complexity index is 1710. The normalized spacial score (nSPS) is 13.1. The lowest BCUT2D eigenvalue weighted by atomic mass is 10.1. The second-order valence-corrected chi connectivity index (χ2v) is 20.5. The minimum atomic E-state index is -0.831. The maximum atomic E-state index is 12.9. The van der Waals surface area contributed by atoms with Gasteiger partial charge in [-0.3, -0.25) is 14.4 Å². The third kappa shape index (κ3) is 62.1. The van der Waals surface area contributed by atoms with Gasteiger partial charge in [-0.25, -0.2) is 0 Å².